The van der Waals surface area contributed by atoms with Gasteiger partial charge >= 0.3 is 5.97 Å². The second-order valence-electron chi connectivity index (χ2n) is 5.51. The highest BCUT2D eigenvalue weighted by molar-refractivity contribution is 5.73. The fourth-order valence-corrected chi connectivity index (χ4v) is 1.70. The van der Waals surface area contributed by atoms with Crippen LogP contribution in [-0.4, -0.2) is 16.7 Å². The lowest BCUT2D eigenvalue weighted by Gasteiger charge is -2.23. The molecule has 0 amide bonds. The summed E-state index contributed by atoms with van der Waals surface area (Å²) < 4.78 is 5.40. The topological polar surface area (TPSA) is 46.5 Å². The van der Waals surface area contributed by atoms with Crippen molar-refractivity contribution in [2.75, 3.05) is 0 Å². The Morgan fingerprint density at radius 1 is 1.28 bits per heavy atom. The van der Waals surface area contributed by atoms with Crippen LogP contribution in [0.1, 0.15) is 39.7 Å². The summed E-state index contributed by atoms with van der Waals surface area (Å²) in [5.74, 6) is -0.0455. The highest BCUT2D eigenvalue weighted by atomic mass is 16.6. The van der Waals surface area contributed by atoms with Gasteiger partial charge in [-0.05, 0) is 51.3 Å². The molecular formula is C15H22O3. The number of hydrogen-bond donors (Lipinski definition) is 1. The molecule has 0 saturated carbocycles. The highest BCUT2D eigenvalue weighted by Gasteiger charge is 2.23. The van der Waals surface area contributed by atoms with Crippen LogP contribution in [0.15, 0.2) is 24.3 Å². The minimum absolute atomic E-state index is 0.131. The fourth-order valence-electron chi connectivity index (χ4n) is 1.70. The average Bonchev–Trinajstić information content (AvgIpc) is 2.25. The Labute approximate surface area is 109 Å². The van der Waals surface area contributed by atoms with E-state index in [4.69, 9.17) is 4.74 Å². The molecule has 0 fully saturated rings. The second-order valence-corrected chi connectivity index (χ2v) is 5.51. The van der Waals surface area contributed by atoms with E-state index in [9.17, 15) is 9.90 Å². The third kappa shape index (κ3) is 4.78. The largest absolute Gasteiger partial charge is 0.508 e. The molecule has 0 aromatic heterocycles. The lowest BCUT2D eigenvalue weighted by molar-refractivity contribution is -0.160. The third-order valence-corrected chi connectivity index (χ3v) is 2.65. The van der Waals surface area contributed by atoms with Crippen LogP contribution in [0.5, 0.6) is 5.75 Å². The van der Waals surface area contributed by atoms with Crippen molar-refractivity contribution in [2.45, 2.75) is 46.1 Å². The zero-order valence-electron chi connectivity index (χ0n) is 11.6. The summed E-state index contributed by atoms with van der Waals surface area (Å²) in [5.41, 5.74) is 0.588. The van der Waals surface area contributed by atoms with Crippen LogP contribution < -0.4 is 0 Å². The van der Waals surface area contributed by atoms with Crippen molar-refractivity contribution in [3.05, 3.63) is 29.8 Å². The summed E-state index contributed by atoms with van der Waals surface area (Å²) in [6.45, 7) is 7.60. The van der Waals surface area contributed by atoms with Crippen molar-refractivity contribution in [3.8, 4) is 5.75 Å². The normalized spacial score (nSPS) is 13.1. The minimum Gasteiger partial charge on any atom is -0.508 e. The van der Waals surface area contributed by atoms with Gasteiger partial charge in [0, 0.05) is 0 Å². The first-order chi connectivity index (χ1) is 8.31. The van der Waals surface area contributed by atoms with Crippen molar-refractivity contribution in [2.24, 2.45) is 5.92 Å². The summed E-state index contributed by atoms with van der Waals surface area (Å²) in [6.07, 6.45) is 1.39. The van der Waals surface area contributed by atoms with Gasteiger partial charge in [0.05, 0.1) is 5.92 Å². The molecule has 0 saturated heterocycles. The van der Waals surface area contributed by atoms with E-state index in [0.29, 0.717) is 6.42 Å². The van der Waals surface area contributed by atoms with E-state index in [-0.39, 0.29) is 17.6 Å². The fraction of sp³-hybridized carbons (Fsp3) is 0.533. The standard InChI is InChI=1S/C15H22O3/c1-5-12(14(17)18-15(2,3)4)10-11-6-8-13(16)9-7-11/h6-9,12,16H,5,10H2,1-4H3/t12-/m1/s1. The van der Waals surface area contributed by atoms with Crippen LogP contribution in [-0.2, 0) is 16.0 Å². The van der Waals surface area contributed by atoms with Gasteiger partial charge in [-0.1, -0.05) is 19.1 Å². The number of carbonyl (C=O) groups is 1. The predicted molar refractivity (Wildman–Crippen MR) is 71.4 cm³/mol. The molecule has 0 heterocycles. The summed E-state index contributed by atoms with van der Waals surface area (Å²) >= 11 is 0. The lowest BCUT2D eigenvalue weighted by atomic mass is 9.96. The molecular weight excluding hydrogens is 228 g/mol. The van der Waals surface area contributed by atoms with Gasteiger partial charge in [0.1, 0.15) is 11.4 Å². The van der Waals surface area contributed by atoms with Crippen LogP contribution in [0.2, 0.25) is 0 Å². The number of phenolic OH excluding ortho intramolecular Hbond substituents is 1. The SMILES string of the molecule is CC[C@H](Cc1ccc(O)cc1)C(=O)OC(C)(C)C. The third-order valence-electron chi connectivity index (χ3n) is 2.65. The number of ether oxygens (including phenoxy) is 1. The van der Waals surface area contributed by atoms with Crippen LogP contribution in [0.25, 0.3) is 0 Å². The van der Waals surface area contributed by atoms with Gasteiger partial charge in [0.25, 0.3) is 0 Å². The molecule has 0 spiro atoms. The molecule has 18 heavy (non-hydrogen) atoms. The van der Waals surface area contributed by atoms with Crippen molar-refractivity contribution < 1.29 is 14.6 Å². The van der Waals surface area contributed by atoms with Crippen LogP contribution in [0.3, 0.4) is 0 Å². The number of phenols is 1. The number of esters is 1. The molecule has 0 unspecified atom stereocenters. The van der Waals surface area contributed by atoms with E-state index in [0.717, 1.165) is 12.0 Å². The summed E-state index contributed by atoms with van der Waals surface area (Å²) in [5, 5.41) is 9.22. The Bertz CT molecular complexity index is 387. The zero-order valence-corrected chi connectivity index (χ0v) is 11.6. The van der Waals surface area contributed by atoms with Crippen LogP contribution >= 0.6 is 0 Å². The van der Waals surface area contributed by atoms with Gasteiger partial charge < -0.3 is 9.84 Å². The molecule has 1 rings (SSSR count). The molecule has 0 aliphatic carbocycles. The molecule has 1 atom stereocenters. The maximum absolute atomic E-state index is 12.0. The van der Waals surface area contributed by atoms with E-state index < -0.39 is 5.60 Å². The van der Waals surface area contributed by atoms with Crippen molar-refractivity contribution in [1.29, 1.82) is 0 Å². The summed E-state index contributed by atoms with van der Waals surface area (Å²) in [7, 11) is 0. The molecule has 1 N–H and O–H groups in total. The Balaban J connectivity index is 2.67. The number of benzene rings is 1. The Morgan fingerprint density at radius 2 is 1.83 bits per heavy atom. The monoisotopic (exact) mass is 250 g/mol. The van der Waals surface area contributed by atoms with Crippen molar-refractivity contribution >= 4 is 5.97 Å². The first-order valence-electron chi connectivity index (χ1n) is 6.32. The molecule has 0 aliphatic heterocycles. The molecule has 0 aliphatic rings. The van der Waals surface area contributed by atoms with Gasteiger partial charge in [-0.3, -0.25) is 4.79 Å². The smallest absolute Gasteiger partial charge is 0.309 e. The number of rotatable bonds is 4. The first kappa shape index (κ1) is 14.6. The first-order valence-corrected chi connectivity index (χ1v) is 6.32. The maximum atomic E-state index is 12.0. The molecule has 1 aromatic carbocycles. The number of aromatic hydroxyl groups is 1. The number of hydrogen-bond acceptors (Lipinski definition) is 3. The highest BCUT2D eigenvalue weighted by Crippen LogP contribution is 2.19. The van der Waals surface area contributed by atoms with Crippen molar-refractivity contribution in [1.82, 2.24) is 0 Å². The Morgan fingerprint density at radius 3 is 2.28 bits per heavy atom. The van der Waals surface area contributed by atoms with E-state index in [1.54, 1.807) is 12.1 Å². The van der Waals surface area contributed by atoms with E-state index in [1.807, 2.05) is 39.8 Å². The molecule has 0 radical (unpaired) electrons. The van der Waals surface area contributed by atoms with Gasteiger partial charge in [-0.15, -0.1) is 0 Å². The molecule has 100 valence electrons. The van der Waals surface area contributed by atoms with Crippen LogP contribution in [0, 0.1) is 5.92 Å². The second kappa shape index (κ2) is 5.89. The molecule has 3 nitrogen and oxygen atoms in total. The number of carbonyl (C=O) groups excluding carboxylic acids is 1. The summed E-state index contributed by atoms with van der Waals surface area (Å²) in [6, 6.07) is 6.94. The van der Waals surface area contributed by atoms with Gasteiger partial charge in [0.2, 0.25) is 0 Å². The molecule has 1 aromatic rings. The quantitative estimate of drug-likeness (QED) is 0.834. The Kier molecular flexibility index (Phi) is 4.76. The van der Waals surface area contributed by atoms with Gasteiger partial charge in [-0.25, -0.2) is 0 Å². The zero-order chi connectivity index (χ0) is 13.8. The van der Waals surface area contributed by atoms with Gasteiger partial charge in [-0.2, -0.15) is 0 Å². The van der Waals surface area contributed by atoms with E-state index in [1.165, 1.54) is 0 Å². The van der Waals surface area contributed by atoms with Crippen molar-refractivity contribution in [3.63, 3.8) is 0 Å². The minimum atomic E-state index is -0.445. The van der Waals surface area contributed by atoms with Crippen LogP contribution in [0.4, 0.5) is 0 Å². The molecule has 0 bridgehead atoms. The van der Waals surface area contributed by atoms with E-state index in [2.05, 4.69) is 0 Å². The van der Waals surface area contributed by atoms with Gasteiger partial charge in [0.15, 0.2) is 0 Å². The lowest BCUT2D eigenvalue weighted by Crippen LogP contribution is -2.29. The predicted octanol–water partition coefficient (Wildman–Crippen LogP) is 3.30. The maximum Gasteiger partial charge on any atom is 0.309 e. The Hall–Kier alpha value is -1.51. The van der Waals surface area contributed by atoms with E-state index >= 15 is 0 Å². The average molecular weight is 250 g/mol. The molecule has 3 heteroatoms. The summed E-state index contributed by atoms with van der Waals surface area (Å²) in [4.78, 5) is 12.0.